The molecule has 0 aliphatic heterocycles. The van der Waals surface area contributed by atoms with E-state index in [1.807, 2.05) is 0 Å². The van der Waals surface area contributed by atoms with Gasteiger partial charge in [0.15, 0.2) is 0 Å². The number of amides is 1. The fraction of sp³-hybridized carbons (Fsp3) is 0.222. The molecule has 0 fully saturated rings. The first-order valence-electron chi connectivity index (χ1n) is 4.49. The van der Waals surface area contributed by atoms with Crippen LogP contribution in [0.15, 0.2) is 17.0 Å². The third-order valence-corrected chi connectivity index (χ3v) is 3.58. The minimum atomic E-state index is -4.12. The van der Waals surface area contributed by atoms with Gasteiger partial charge < -0.3 is 5.32 Å². The van der Waals surface area contributed by atoms with Crippen molar-refractivity contribution in [3.05, 3.63) is 28.5 Å². The molecular formula is C9H8Cl2FNO3S. The van der Waals surface area contributed by atoms with Crippen molar-refractivity contribution in [3.8, 4) is 0 Å². The van der Waals surface area contributed by atoms with E-state index in [1.165, 1.54) is 0 Å². The zero-order chi connectivity index (χ0) is 13.2. The third kappa shape index (κ3) is 3.31. The standard InChI is InChI=1S/C9H8Cl2FNO3S/c1-2-13-9(14)6-3-5(17(11,15)16)4-7(12)8(6)10/h3-4H,2H2,1H3,(H,13,14). The van der Waals surface area contributed by atoms with Crippen molar-refractivity contribution in [1.29, 1.82) is 0 Å². The van der Waals surface area contributed by atoms with Gasteiger partial charge in [-0.25, -0.2) is 12.8 Å². The first kappa shape index (κ1) is 14.2. The summed E-state index contributed by atoms with van der Waals surface area (Å²) in [5.74, 6) is -1.69. The van der Waals surface area contributed by atoms with Crippen molar-refractivity contribution >= 4 is 37.2 Å². The summed E-state index contributed by atoms with van der Waals surface area (Å²) in [6.07, 6.45) is 0. The summed E-state index contributed by atoms with van der Waals surface area (Å²) >= 11 is 5.57. The highest BCUT2D eigenvalue weighted by atomic mass is 35.7. The average molecular weight is 300 g/mol. The van der Waals surface area contributed by atoms with E-state index in [1.54, 1.807) is 6.92 Å². The normalized spacial score (nSPS) is 11.3. The SMILES string of the molecule is CCNC(=O)c1cc(S(=O)(=O)Cl)cc(F)c1Cl. The highest BCUT2D eigenvalue weighted by Crippen LogP contribution is 2.26. The lowest BCUT2D eigenvalue weighted by Crippen LogP contribution is -2.23. The van der Waals surface area contributed by atoms with Crippen LogP contribution >= 0.6 is 22.3 Å². The van der Waals surface area contributed by atoms with Crippen LogP contribution in [-0.4, -0.2) is 20.9 Å². The van der Waals surface area contributed by atoms with E-state index < -0.39 is 30.7 Å². The fourth-order valence-electron chi connectivity index (χ4n) is 1.13. The summed E-state index contributed by atoms with van der Waals surface area (Å²) in [4.78, 5) is 11.0. The monoisotopic (exact) mass is 299 g/mol. The van der Waals surface area contributed by atoms with Gasteiger partial charge >= 0.3 is 0 Å². The fourth-order valence-corrected chi connectivity index (χ4v) is 2.09. The molecule has 0 bridgehead atoms. The van der Waals surface area contributed by atoms with Crippen molar-refractivity contribution in [2.45, 2.75) is 11.8 Å². The maximum atomic E-state index is 13.3. The largest absolute Gasteiger partial charge is 0.352 e. The van der Waals surface area contributed by atoms with Crippen molar-refractivity contribution < 1.29 is 17.6 Å². The number of benzene rings is 1. The summed E-state index contributed by atoms with van der Waals surface area (Å²) in [6.45, 7) is 1.96. The van der Waals surface area contributed by atoms with Gasteiger partial charge in [-0.2, -0.15) is 0 Å². The van der Waals surface area contributed by atoms with E-state index in [0.29, 0.717) is 12.6 Å². The van der Waals surface area contributed by atoms with Crippen LogP contribution in [0, 0.1) is 5.82 Å². The molecule has 4 nitrogen and oxygen atoms in total. The van der Waals surface area contributed by atoms with Gasteiger partial charge in [0.2, 0.25) is 0 Å². The Balaban J connectivity index is 3.40. The van der Waals surface area contributed by atoms with E-state index in [2.05, 4.69) is 5.32 Å². The van der Waals surface area contributed by atoms with Crippen LogP contribution < -0.4 is 5.32 Å². The van der Waals surface area contributed by atoms with Crippen LogP contribution in [0.1, 0.15) is 17.3 Å². The zero-order valence-electron chi connectivity index (χ0n) is 8.63. The van der Waals surface area contributed by atoms with Crippen LogP contribution in [0.25, 0.3) is 0 Å². The first-order chi connectivity index (χ1) is 7.77. The van der Waals surface area contributed by atoms with Crippen LogP contribution in [0.2, 0.25) is 5.02 Å². The number of hydrogen-bond acceptors (Lipinski definition) is 3. The van der Waals surface area contributed by atoms with Gasteiger partial charge in [0.05, 0.1) is 15.5 Å². The molecule has 0 spiro atoms. The summed E-state index contributed by atoms with van der Waals surface area (Å²) in [5, 5.41) is 1.94. The van der Waals surface area contributed by atoms with Gasteiger partial charge in [-0.05, 0) is 19.1 Å². The maximum Gasteiger partial charge on any atom is 0.261 e. The summed E-state index contributed by atoms with van der Waals surface area (Å²) in [6, 6.07) is 1.59. The quantitative estimate of drug-likeness (QED) is 0.870. The Labute approximate surface area is 107 Å². The van der Waals surface area contributed by atoms with Gasteiger partial charge in [0.25, 0.3) is 15.0 Å². The number of hydrogen-bond donors (Lipinski definition) is 1. The molecule has 1 N–H and O–H groups in total. The van der Waals surface area contributed by atoms with E-state index >= 15 is 0 Å². The summed E-state index contributed by atoms with van der Waals surface area (Å²) in [5.41, 5.74) is -0.271. The van der Waals surface area contributed by atoms with Crippen LogP contribution in [-0.2, 0) is 9.05 Å². The molecule has 0 radical (unpaired) electrons. The summed E-state index contributed by atoms with van der Waals surface area (Å²) in [7, 11) is 0.948. The Kier molecular flexibility index (Phi) is 4.35. The van der Waals surface area contributed by atoms with Gasteiger partial charge in [0, 0.05) is 17.2 Å². The smallest absolute Gasteiger partial charge is 0.261 e. The number of carbonyl (C=O) groups excluding carboxylic acids is 1. The second-order valence-electron chi connectivity index (χ2n) is 3.06. The van der Waals surface area contributed by atoms with E-state index in [9.17, 15) is 17.6 Å². The minimum absolute atomic E-state index is 0.271. The number of rotatable bonds is 3. The second-order valence-corrected chi connectivity index (χ2v) is 6.01. The molecule has 1 amide bonds. The van der Waals surface area contributed by atoms with E-state index in [4.69, 9.17) is 22.3 Å². The highest BCUT2D eigenvalue weighted by Gasteiger charge is 2.20. The Morgan fingerprint density at radius 3 is 2.53 bits per heavy atom. The molecule has 94 valence electrons. The molecule has 0 atom stereocenters. The lowest BCUT2D eigenvalue weighted by molar-refractivity contribution is 0.0955. The molecule has 0 saturated carbocycles. The van der Waals surface area contributed by atoms with Crippen molar-refractivity contribution in [2.24, 2.45) is 0 Å². The number of nitrogens with one attached hydrogen (secondary N) is 1. The second kappa shape index (κ2) is 5.20. The Hall–Kier alpha value is -0.850. The topological polar surface area (TPSA) is 63.2 Å². The lowest BCUT2D eigenvalue weighted by atomic mass is 10.2. The molecule has 0 heterocycles. The molecule has 0 aliphatic carbocycles. The molecular weight excluding hydrogens is 292 g/mol. The molecule has 1 rings (SSSR count). The van der Waals surface area contributed by atoms with E-state index in [0.717, 1.165) is 6.07 Å². The van der Waals surface area contributed by atoms with Gasteiger partial charge in [-0.3, -0.25) is 4.79 Å². The molecule has 1 aromatic carbocycles. The van der Waals surface area contributed by atoms with Crippen LogP contribution in [0.5, 0.6) is 0 Å². The maximum absolute atomic E-state index is 13.3. The number of carbonyl (C=O) groups is 1. The van der Waals surface area contributed by atoms with Gasteiger partial charge in [-0.1, -0.05) is 11.6 Å². The Bertz CT molecular complexity index is 560. The molecule has 8 heteroatoms. The summed E-state index contributed by atoms with van der Waals surface area (Å²) < 4.78 is 35.4. The zero-order valence-corrected chi connectivity index (χ0v) is 11.0. The molecule has 0 aromatic heterocycles. The molecule has 0 unspecified atom stereocenters. The Morgan fingerprint density at radius 1 is 1.47 bits per heavy atom. The molecule has 1 aromatic rings. The van der Waals surface area contributed by atoms with Crippen molar-refractivity contribution in [1.82, 2.24) is 5.32 Å². The Morgan fingerprint density at radius 2 is 2.06 bits per heavy atom. The number of halogens is 3. The van der Waals surface area contributed by atoms with E-state index in [-0.39, 0.29) is 5.56 Å². The molecule has 17 heavy (non-hydrogen) atoms. The highest BCUT2D eigenvalue weighted by molar-refractivity contribution is 8.13. The van der Waals surface area contributed by atoms with Gasteiger partial charge in [-0.15, -0.1) is 0 Å². The van der Waals surface area contributed by atoms with Crippen LogP contribution in [0.4, 0.5) is 4.39 Å². The van der Waals surface area contributed by atoms with Crippen molar-refractivity contribution in [2.75, 3.05) is 6.54 Å². The van der Waals surface area contributed by atoms with Gasteiger partial charge in [0.1, 0.15) is 5.82 Å². The lowest BCUT2D eigenvalue weighted by Gasteiger charge is -2.07. The predicted molar refractivity (Wildman–Crippen MR) is 62.5 cm³/mol. The molecule has 0 saturated heterocycles. The predicted octanol–water partition coefficient (Wildman–Crippen LogP) is 2.16. The molecule has 0 aliphatic rings. The minimum Gasteiger partial charge on any atom is -0.352 e. The van der Waals surface area contributed by atoms with Crippen molar-refractivity contribution in [3.63, 3.8) is 0 Å². The first-order valence-corrected chi connectivity index (χ1v) is 7.18. The third-order valence-electron chi connectivity index (χ3n) is 1.87. The average Bonchev–Trinajstić information content (AvgIpc) is 2.20. The van der Waals surface area contributed by atoms with Crippen LogP contribution in [0.3, 0.4) is 0 Å².